The Kier molecular flexibility index (Phi) is 3.20. The maximum absolute atomic E-state index is 12.8. The number of fused-ring (bicyclic) bond motifs is 1. The van der Waals surface area contributed by atoms with Crippen LogP contribution in [0.3, 0.4) is 0 Å². The van der Waals surface area contributed by atoms with Crippen molar-refractivity contribution in [2.75, 3.05) is 0 Å². The highest BCUT2D eigenvalue weighted by Crippen LogP contribution is 2.26. The highest BCUT2D eigenvalue weighted by molar-refractivity contribution is 5.86. The van der Waals surface area contributed by atoms with Crippen molar-refractivity contribution in [1.29, 1.82) is 0 Å². The summed E-state index contributed by atoms with van der Waals surface area (Å²) in [7, 11) is 0. The predicted octanol–water partition coefficient (Wildman–Crippen LogP) is 2.35. The number of aromatic nitrogens is 2. The highest BCUT2D eigenvalue weighted by Gasteiger charge is 2.29. The standard InChI is InChI=1S/C16H19N3O2/c1-10(2)18-12-6-4-5-7-13(12)19(16(18)21)14-9-8-11(3)17-15(14)20/h4-7,10,14H,3,8-9H2,1-2H3,(H,17,20)/t14-/m0/s1. The summed E-state index contributed by atoms with van der Waals surface area (Å²) in [5, 5.41) is 2.76. The van der Waals surface area contributed by atoms with Crippen LogP contribution in [0, 0.1) is 0 Å². The minimum atomic E-state index is -0.465. The van der Waals surface area contributed by atoms with Gasteiger partial charge in [-0.15, -0.1) is 0 Å². The summed E-state index contributed by atoms with van der Waals surface area (Å²) >= 11 is 0. The number of nitrogens with zero attached hydrogens (tertiary/aromatic N) is 2. The first-order valence-electron chi connectivity index (χ1n) is 7.21. The van der Waals surface area contributed by atoms with Crippen LogP contribution < -0.4 is 11.0 Å². The molecule has 3 rings (SSSR count). The molecule has 1 aromatic heterocycles. The molecular formula is C16H19N3O2. The van der Waals surface area contributed by atoms with Crippen molar-refractivity contribution in [2.24, 2.45) is 0 Å². The normalized spacial score (nSPS) is 19.3. The molecule has 1 fully saturated rings. The summed E-state index contributed by atoms with van der Waals surface area (Å²) in [6.07, 6.45) is 1.31. The molecule has 1 aromatic carbocycles. The molecule has 1 amide bonds. The molecule has 0 saturated carbocycles. The number of rotatable bonds is 2. The SMILES string of the molecule is C=C1CC[C@H](n2c(=O)n(C(C)C)c3ccccc32)C(=O)N1. The van der Waals surface area contributed by atoms with E-state index in [-0.39, 0.29) is 17.6 Å². The van der Waals surface area contributed by atoms with Crippen LogP contribution in [0.25, 0.3) is 11.0 Å². The largest absolute Gasteiger partial charge is 0.330 e. The quantitative estimate of drug-likeness (QED) is 0.921. The van der Waals surface area contributed by atoms with E-state index in [0.29, 0.717) is 12.8 Å². The van der Waals surface area contributed by atoms with Crippen LogP contribution >= 0.6 is 0 Å². The topological polar surface area (TPSA) is 56.0 Å². The summed E-state index contributed by atoms with van der Waals surface area (Å²) in [6, 6.07) is 7.20. The fraction of sp³-hybridized carbons (Fsp3) is 0.375. The second-order valence-electron chi connectivity index (χ2n) is 5.75. The van der Waals surface area contributed by atoms with Gasteiger partial charge in [-0.3, -0.25) is 13.9 Å². The maximum Gasteiger partial charge on any atom is 0.330 e. The van der Waals surface area contributed by atoms with Gasteiger partial charge < -0.3 is 5.32 Å². The number of hydrogen-bond donors (Lipinski definition) is 1. The molecule has 0 spiro atoms. The zero-order valence-electron chi connectivity index (χ0n) is 12.3. The summed E-state index contributed by atoms with van der Waals surface area (Å²) in [5.74, 6) is -0.153. The zero-order valence-corrected chi connectivity index (χ0v) is 12.3. The number of imidazole rings is 1. The smallest absolute Gasteiger partial charge is 0.329 e. The Bertz CT molecular complexity index is 782. The number of nitrogens with one attached hydrogen (secondary N) is 1. The van der Waals surface area contributed by atoms with E-state index in [4.69, 9.17) is 0 Å². The molecule has 110 valence electrons. The van der Waals surface area contributed by atoms with Gasteiger partial charge >= 0.3 is 5.69 Å². The Balaban J connectivity index is 2.24. The van der Waals surface area contributed by atoms with E-state index >= 15 is 0 Å². The van der Waals surface area contributed by atoms with Gasteiger partial charge in [-0.1, -0.05) is 18.7 Å². The first-order valence-corrected chi connectivity index (χ1v) is 7.21. The average Bonchev–Trinajstić information content (AvgIpc) is 2.71. The highest BCUT2D eigenvalue weighted by atomic mass is 16.2. The molecule has 1 saturated heterocycles. The number of carbonyl (C=O) groups excluding carboxylic acids is 1. The fourth-order valence-corrected chi connectivity index (χ4v) is 3.00. The van der Waals surface area contributed by atoms with E-state index in [0.717, 1.165) is 16.7 Å². The Morgan fingerprint density at radius 2 is 1.90 bits per heavy atom. The molecule has 1 N–H and O–H groups in total. The van der Waals surface area contributed by atoms with Crippen LogP contribution in [0.1, 0.15) is 38.8 Å². The Morgan fingerprint density at radius 3 is 2.52 bits per heavy atom. The van der Waals surface area contributed by atoms with Crippen LogP contribution in [-0.2, 0) is 4.79 Å². The molecule has 0 radical (unpaired) electrons. The van der Waals surface area contributed by atoms with E-state index < -0.39 is 6.04 Å². The minimum Gasteiger partial charge on any atom is -0.329 e. The Hall–Kier alpha value is -2.30. The third kappa shape index (κ3) is 2.09. The summed E-state index contributed by atoms with van der Waals surface area (Å²) < 4.78 is 3.36. The van der Waals surface area contributed by atoms with Crippen LogP contribution in [0.4, 0.5) is 0 Å². The second kappa shape index (κ2) is 4.91. The molecular weight excluding hydrogens is 266 g/mol. The lowest BCUT2D eigenvalue weighted by atomic mass is 10.0. The lowest BCUT2D eigenvalue weighted by Gasteiger charge is -2.24. The van der Waals surface area contributed by atoms with Crippen LogP contribution in [0.15, 0.2) is 41.3 Å². The second-order valence-corrected chi connectivity index (χ2v) is 5.75. The van der Waals surface area contributed by atoms with Crippen molar-refractivity contribution in [1.82, 2.24) is 14.5 Å². The van der Waals surface area contributed by atoms with E-state index in [9.17, 15) is 9.59 Å². The summed E-state index contributed by atoms with van der Waals surface area (Å²) in [4.78, 5) is 25.0. The van der Waals surface area contributed by atoms with Crippen LogP contribution in [0.2, 0.25) is 0 Å². The first kappa shape index (κ1) is 13.7. The molecule has 5 heteroatoms. The molecule has 1 atom stereocenters. The maximum atomic E-state index is 12.8. The van der Waals surface area contributed by atoms with Gasteiger partial charge in [0.2, 0.25) is 5.91 Å². The molecule has 2 heterocycles. The van der Waals surface area contributed by atoms with Crippen molar-refractivity contribution in [3.8, 4) is 0 Å². The fourth-order valence-electron chi connectivity index (χ4n) is 3.00. The molecule has 0 aliphatic carbocycles. The lowest BCUT2D eigenvalue weighted by Crippen LogP contribution is -2.40. The van der Waals surface area contributed by atoms with E-state index in [1.807, 2.05) is 38.1 Å². The van der Waals surface area contributed by atoms with Crippen molar-refractivity contribution in [2.45, 2.75) is 38.8 Å². The number of amides is 1. The van der Waals surface area contributed by atoms with Gasteiger partial charge in [-0.2, -0.15) is 0 Å². The molecule has 0 bridgehead atoms. The molecule has 5 nitrogen and oxygen atoms in total. The summed E-state index contributed by atoms with van der Waals surface area (Å²) in [5.41, 5.74) is 2.27. The van der Waals surface area contributed by atoms with E-state index in [1.165, 1.54) is 0 Å². The van der Waals surface area contributed by atoms with Gasteiger partial charge in [-0.05, 0) is 38.8 Å². The van der Waals surface area contributed by atoms with Crippen LogP contribution in [0.5, 0.6) is 0 Å². The first-order chi connectivity index (χ1) is 10.0. The molecule has 0 unspecified atom stereocenters. The summed E-state index contributed by atoms with van der Waals surface area (Å²) in [6.45, 7) is 7.73. The third-order valence-corrected chi connectivity index (χ3v) is 3.96. The predicted molar refractivity (Wildman–Crippen MR) is 82.1 cm³/mol. The number of para-hydroxylation sites is 2. The Morgan fingerprint density at radius 1 is 1.24 bits per heavy atom. The zero-order chi connectivity index (χ0) is 15.1. The molecule has 21 heavy (non-hydrogen) atoms. The lowest BCUT2D eigenvalue weighted by molar-refractivity contribution is -0.124. The van der Waals surface area contributed by atoms with Crippen molar-refractivity contribution in [3.63, 3.8) is 0 Å². The molecule has 1 aliphatic rings. The number of allylic oxidation sites excluding steroid dienone is 1. The minimum absolute atomic E-state index is 0.0465. The molecule has 2 aromatic rings. The van der Waals surface area contributed by atoms with Gasteiger partial charge in [0.25, 0.3) is 0 Å². The van der Waals surface area contributed by atoms with Gasteiger partial charge in [0.1, 0.15) is 6.04 Å². The van der Waals surface area contributed by atoms with Gasteiger partial charge in [0.15, 0.2) is 0 Å². The average molecular weight is 285 g/mol. The molecule has 1 aliphatic heterocycles. The van der Waals surface area contributed by atoms with Gasteiger partial charge in [-0.25, -0.2) is 4.79 Å². The third-order valence-electron chi connectivity index (χ3n) is 3.96. The van der Waals surface area contributed by atoms with Gasteiger partial charge in [0, 0.05) is 11.7 Å². The van der Waals surface area contributed by atoms with Crippen molar-refractivity contribution in [3.05, 3.63) is 47.0 Å². The van der Waals surface area contributed by atoms with E-state index in [2.05, 4.69) is 11.9 Å². The monoisotopic (exact) mass is 285 g/mol. The number of carbonyl (C=O) groups is 1. The van der Waals surface area contributed by atoms with Crippen molar-refractivity contribution < 1.29 is 4.79 Å². The number of piperidine rings is 1. The van der Waals surface area contributed by atoms with Crippen molar-refractivity contribution >= 4 is 16.9 Å². The van der Waals surface area contributed by atoms with Gasteiger partial charge in [0.05, 0.1) is 11.0 Å². The Labute approximate surface area is 122 Å². The number of hydrogen-bond acceptors (Lipinski definition) is 2. The van der Waals surface area contributed by atoms with E-state index in [1.54, 1.807) is 9.13 Å². The number of benzene rings is 1. The van der Waals surface area contributed by atoms with Crippen LogP contribution in [-0.4, -0.2) is 15.0 Å².